The average molecular weight is 228 g/mol. The molecule has 78 valence electrons. The van der Waals surface area contributed by atoms with Crippen LogP contribution in [0.15, 0.2) is 27.5 Å². The molecule has 1 aliphatic carbocycles. The van der Waals surface area contributed by atoms with Crippen LogP contribution in [0.5, 0.6) is 0 Å². The first-order valence-electron chi connectivity index (χ1n) is 3.87. The van der Waals surface area contributed by atoms with Crippen LogP contribution in [0.1, 0.15) is 6.42 Å². The van der Waals surface area contributed by atoms with E-state index in [-0.39, 0.29) is 28.5 Å². The number of carbonyl (C=O) groups excluding carboxylic acids is 2. The summed E-state index contributed by atoms with van der Waals surface area (Å²) in [6.07, 6.45) is 1.03. The monoisotopic (exact) mass is 227 g/mol. The molecule has 0 aromatic rings. The highest BCUT2D eigenvalue weighted by Crippen LogP contribution is 2.32. The van der Waals surface area contributed by atoms with Gasteiger partial charge in [-0.2, -0.15) is 0 Å². The summed E-state index contributed by atoms with van der Waals surface area (Å²) in [5.41, 5.74) is 8.52. The van der Waals surface area contributed by atoms with E-state index in [0.717, 1.165) is 6.08 Å². The standard InChI is InChI=1S/C8H6ClN3O3/c1-15-6(14)3-4-2-5(13)7(9)8(4)11-12-10/h3H,2H2,1H3/b4-3+. The van der Waals surface area contributed by atoms with E-state index in [1.165, 1.54) is 7.11 Å². The number of Topliss-reactive ketones (excluding diaryl/α,β-unsaturated/α-hetero) is 1. The van der Waals surface area contributed by atoms with Gasteiger partial charge in [0.1, 0.15) is 0 Å². The van der Waals surface area contributed by atoms with Gasteiger partial charge in [-0.05, 0) is 11.1 Å². The van der Waals surface area contributed by atoms with Gasteiger partial charge in [0.15, 0.2) is 5.78 Å². The number of ether oxygens (including phenoxy) is 1. The lowest BCUT2D eigenvalue weighted by atomic mass is 10.2. The van der Waals surface area contributed by atoms with Crippen LogP contribution in [0, 0.1) is 0 Å². The summed E-state index contributed by atoms with van der Waals surface area (Å²) >= 11 is 5.60. The number of allylic oxidation sites excluding steroid dienone is 2. The quantitative estimate of drug-likeness (QED) is 0.237. The number of esters is 1. The molecule has 7 heteroatoms. The predicted octanol–water partition coefficient (Wildman–Crippen LogP) is 1.82. The summed E-state index contributed by atoms with van der Waals surface area (Å²) < 4.78 is 4.38. The number of halogens is 1. The van der Waals surface area contributed by atoms with Gasteiger partial charge in [-0.25, -0.2) is 4.79 Å². The van der Waals surface area contributed by atoms with Gasteiger partial charge in [0.2, 0.25) is 0 Å². The fourth-order valence-electron chi connectivity index (χ4n) is 1.08. The lowest BCUT2D eigenvalue weighted by Crippen LogP contribution is -1.97. The third kappa shape index (κ3) is 2.37. The number of ketones is 1. The number of methoxy groups -OCH3 is 1. The molecule has 0 radical (unpaired) electrons. The molecule has 1 aliphatic rings. The molecule has 0 unspecified atom stereocenters. The van der Waals surface area contributed by atoms with Gasteiger partial charge in [0.05, 0.1) is 17.8 Å². The van der Waals surface area contributed by atoms with Crippen LogP contribution in [-0.4, -0.2) is 18.9 Å². The van der Waals surface area contributed by atoms with Crippen molar-refractivity contribution in [1.29, 1.82) is 0 Å². The molecule has 0 saturated heterocycles. The summed E-state index contributed by atoms with van der Waals surface area (Å²) in [5, 5.41) is 3.11. The summed E-state index contributed by atoms with van der Waals surface area (Å²) in [4.78, 5) is 24.6. The summed E-state index contributed by atoms with van der Waals surface area (Å²) in [5.74, 6) is -1.01. The summed E-state index contributed by atoms with van der Waals surface area (Å²) in [6, 6.07) is 0. The Morgan fingerprint density at radius 2 is 2.40 bits per heavy atom. The fraction of sp³-hybridized carbons (Fsp3) is 0.250. The molecule has 0 N–H and O–H groups in total. The largest absolute Gasteiger partial charge is 0.466 e. The predicted molar refractivity (Wildman–Crippen MR) is 51.7 cm³/mol. The first kappa shape index (κ1) is 11.3. The van der Waals surface area contributed by atoms with Gasteiger partial charge >= 0.3 is 5.97 Å². The highest BCUT2D eigenvalue weighted by atomic mass is 35.5. The van der Waals surface area contributed by atoms with Gasteiger partial charge in [-0.1, -0.05) is 16.7 Å². The summed E-state index contributed by atoms with van der Waals surface area (Å²) in [6.45, 7) is 0. The molecule has 0 aliphatic heterocycles. The molecular weight excluding hydrogens is 222 g/mol. The van der Waals surface area contributed by atoms with E-state index in [4.69, 9.17) is 17.1 Å². The van der Waals surface area contributed by atoms with Gasteiger partial charge < -0.3 is 4.74 Å². The number of hydrogen-bond donors (Lipinski definition) is 0. The van der Waals surface area contributed by atoms with Crippen LogP contribution in [0.4, 0.5) is 0 Å². The summed E-state index contributed by atoms with van der Waals surface area (Å²) in [7, 11) is 1.20. The molecule has 0 spiro atoms. The lowest BCUT2D eigenvalue weighted by Gasteiger charge is -1.96. The van der Waals surface area contributed by atoms with Gasteiger partial charge in [-0.3, -0.25) is 4.79 Å². The van der Waals surface area contributed by atoms with Gasteiger partial charge in [0.25, 0.3) is 0 Å². The van der Waals surface area contributed by atoms with E-state index in [1.807, 2.05) is 0 Å². The molecule has 0 amide bonds. The first-order chi connectivity index (χ1) is 7.10. The van der Waals surface area contributed by atoms with E-state index in [2.05, 4.69) is 14.8 Å². The number of nitrogens with zero attached hydrogens (tertiary/aromatic N) is 3. The van der Waals surface area contributed by atoms with Crippen LogP contribution in [0.3, 0.4) is 0 Å². The molecule has 0 aromatic carbocycles. The van der Waals surface area contributed by atoms with Crippen molar-refractivity contribution < 1.29 is 14.3 Å². The zero-order chi connectivity index (χ0) is 11.4. The van der Waals surface area contributed by atoms with Crippen molar-refractivity contribution in [1.82, 2.24) is 0 Å². The number of carbonyl (C=O) groups is 2. The van der Waals surface area contributed by atoms with Crippen molar-refractivity contribution in [2.45, 2.75) is 6.42 Å². The Balaban J connectivity index is 3.14. The van der Waals surface area contributed by atoms with Crippen LogP contribution in [0.2, 0.25) is 0 Å². The van der Waals surface area contributed by atoms with Gasteiger partial charge in [0, 0.05) is 17.4 Å². The third-order valence-corrected chi connectivity index (χ3v) is 2.14. The molecule has 6 nitrogen and oxygen atoms in total. The Kier molecular flexibility index (Phi) is 3.49. The van der Waals surface area contributed by atoms with E-state index < -0.39 is 5.97 Å². The number of hydrogen-bond acceptors (Lipinski definition) is 4. The zero-order valence-corrected chi connectivity index (χ0v) is 8.48. The Morgan fingerprint density at radius 3 is 2.93 bits per heavy atom. The molecular formula is C8H6ClN3O3. The molecule has 0 bridgehead atoms. The molecule has 0 atom stereocenters. The molecule has 0 fully saturated rings. The lowest BCUT2D eigenvalue weighted by molar-refractivity contribution is -0.134. The van der Waals surface area contributed by atoms with Crippen molar-refractivity contribution >= 4 is 23.4 Å². The zero-order valence-electron chi connectivity index (χ0n) is 7.73. The molecule has 0 aromatic heterocycles. The second kappa shape index (κ2) is 4.63. The number of rotatable bonds is 2. The molecule has 15 heavy (non-hydrogen) atoms. The van der Waals surface area contributed by atoms with Crippen molar-refractivity contribution in [3.8, 4) is 0 Å². The minimum atomic E-state index is -0.630. The normalized spacial score (nSPS) is 18.0. The average Bonchev–Trinajstić information content (AvgIpc) is 2.46. The van der Waals surface area contributed by atoms with E-state index in [9.17, 15) is 9.59 Å². The molecule has 0 heterocycles. The first-order valence-corrected chi connectivity index (χ1v) is 4.25. The van der Waals surface area contributed by atoms with Crippen molar-refractivity contribution in [2.75, 3.05) is 7.11 Å². The highest BCUT2D eigenvalue weighted by molar-refractivity contribution is 6.44. The van der Waals surface area contributed by atoms with Crippen LogP contribution in [0.25, 0.3) is 10.4 Å². The van der Waals surface area contributed by atoms with Crippen LogP contribution in [-0.2, 0) is 14.3 Å². The van der Waals surface area contributed by atoms with Crippen LogP contribution >= 0.6 is 11.6 Å². The van der Waals surface area contributed by atoms with E-state index >= 15 is 0 Å². The highest BCUT2D eigenvalue weighted by Gasteiger charge is 2.26. The van der Waals surface area contributed by atoms with Crippen molar-refractivity contribution in [3.63, 3.8) is 0 Å². The number of azide groups is 1. The topological polar surface area (TPSA) is 92.1 Å². The van der Waals surface area contributed by atoms with Crippen LogP contribution < -0.4 is 0 Å². The minimum absolute atomic E-state index is 0.00503. The minimum Gasteiger partial charge on any atom is -0.466 e. The Morgan fingerprint density at radius 1 is 1.73 bits per heavy atom. The maximum Gasteiger partial charge on any atom is 0.330 e. The van der Waals surface area contributed by atoms with Gasteiger partial charge in [-0.15, -0.1) is 0 Å². The third-order valence-electron chi connectivity index (χ3n) is 1.75. The van der Waals surface area contributed by atoms with E-state index in [1.54, 1.807) is 0 Å². The SMILES string of the molecule is COC(=O)/C=C1\CC(=O)C(Cl)=C1N=[N+]=[N-]. The second-order valence-electron chi connectivity index (χ2n) is 2.64. The van der Waals surface area contributed by atoms with Crippen molar-refractivity contribution in [2.24, 2.45) is 5.11 Å². The maximum absolute atomic E-state index is 11.2. The Labute approximate surface area is 89.8 Å². The molecule has 0 saturated carbocycles. The Hall–Kier alpha value is -1.78. The second-order valence-corrected chi connectivity index (χ2v) is 3.02. The molecule has 1 rings (SSSR count). The van der Waals surface area contributed by atoms with E-state index in [0.29, 0.717) is 0 Å². The van der Waals surface area contributed by atoms with Crippen molar-refractivity contribution in [3.05, 3.63) is 32.8 Å². The Bertz CT molecular complexity index is 432. The fourth-order valence-corrected chi connectivity index (χ4v) is 1.31. The smallest absolute Gasteiger partial charge is 0.330 e. The maximum atomic E-state index is 11.2.